The number of benzene rings is 2. The highest BCUT2D eigenvalue weighted by atomic mass is 35.5. The molecule has 0 bridgehead atoms. The third-order valence-corrected chi connectivity index (χ3v) is 4.30. The minimum Gasteiger partial charge on any atom is -0.381 e. The Morgan fingerprint density at radius 3 is 2.60 bits per heavy atom. The summed E-state index contributed by atoms with van der Waals surface area (Å²) in [5.41, 5.74) is 1.36. The number of halogens is 4. The number of nitrogens with one attached hydrogen (secondary N) is 2. The van der Waals surface area contributed by atoms with Gasteiger partial charge in [-0.3, -0.25) is 4.79 Å². The summed E-state index contributed by atoms with van der Waals surface area (Å²) in [4.78, 5) is 16.1. The van der Waals surface area contributed by atoms with Gasteiger partial charge in [0.2, 0.25) is 5.91 Å². The lowest BCUT2D eigenvalue weighted by molar-refractivity contribution is -0.137. The Balaban J connectivity index is 1.63. The maximum Gasteiger partial charge on any atom is 0.416 e. The van der Waals surface area contributed by atoms with Crippen molar-refractivity contribution in [2.24, 2.45) is 0 Å². The van der Waals surface area contributed by atoms with Gasteiger partial charge in [-0.2, -0.15) is 13.2 Å². The van der Waals surface area contributed by atoms with Gasteiger partial charge in [-0.15, -0.1) is 0 Å². The van der Waals surface area contributed by atoms with E-state index in [-0.39, 0.29) is 5.56 Å². The Kier molecular flexibility index (Phi) is 6.74. The third-order valence-electron chi connectivity index (χ3n) is 4.10. The lowest BCUT2D eigenvalue weighted by Gasteiger charge is -2.10. The number of hydrogen-bond donors (Lipinski definition) is 2. The van der Waals surface area contributed by atoms with Crippen LogP contribution < -0.4 is 10.6 Å². The van der Waals surface area contributed by atoms with Gasteiger partial charge in [-0.25, -0.2) is 4.98 Å². The molecule has 8 heteroatoms. The number of anilines is 2. The molecule has 0 atom stereocenters. The summed E-state index contributed by atoms with van der Waals surface area (Å²) in [5, 5.41) is 6.22. The Morgan fingerprint density at radius 2 is 1.83 bits per heavy atom. The van der Waals surface area contributed by atoms with Crippen LogP contribution in [0.15, 0.2) is 72.9 Å². The number of nitrogens with zero attached hydrogens (tertiary/aromatic N) is 1. The fourth-order valence-corrected chi connectivity index (χ4v) is 2.90. The Bertz CT molecular complexity index is 1070. The van der Waals surface area contributed by atoms with Crippen LogP contribution in [0.3, 0.4) is 0 Å². The van der Waals surface area contributed by atoms with Crippen LogP contribution in [-0.2, 0) is 17.5 Å². The molecule has 2 aromatic carbocycles. The minimum absolute atomic E-state index is 0.0749. The molecule has 0 fully saturated rings. The summed E-state index contributed by atoms with van der Waals surface area (Å²) in [6.45, 7) is 0.485. The molecule has 154 valence electrons. The van der Waals surface area contributed by atoms with Crippen molar-refractivity contribution in [1.82, 2.24) is 4.98 Å². The molecule has 0 saturated carbocycles. The van der Waals surface area contributed by atoms with Gasteiger partial charge < -0.3 is 10.6 Å². The zero-order valence-electron chi connectivity index (χ0n) is 15.6. The van der Waals surface area contributed by atoms with Crippen LogP contribution in [-0.4, -0.2) is 10.9 Å². The molecule has 0 aliphatic rings. The molecule has 0 radical (unpaired) electrons. The number of rotatable bonds is 6. The summed E-state index contributed by atoms with van der Waals surface area (Å²) in [6.07, 6.45) is -0.673. The van der Waals surface area contributed by atoms with Gasteiger partial charge in [0.15, 0.2) is 0 Å². The molecular weight excluding hydrogens is 415 g/mol. The zero-order valence-corrected chi connectivity index (χ0v) is 16.3. The average molecular weight is 432 g/mol. The number of aromatic nitrogens is 1. The number of hydrogen-bond acceptors (Lipinski definition) is 3. The van der Waals surface area contributed by atoms with Crippen LogP contribution in [0.1, 0.15) is 16.7 Å². The van der Waals surface area contributed by atoms with E-state index in [0.717, 1.165) is 29.5 Å². The molecule has 3 rings (SSSR count). The van der Waals surface area contributed by atoms with E-state index in [2.05, 4.69) is 15.6 Å². The van der Waals surface area contributed by atoms with Crippen molar-refractivity contribution < 1.29 is 18.0 Å². The first-order valence-electron chi connectivity index (χ1n) is 8.91. The highest BCUT2D eigenvalue weighted by molar-refractivity contribution is 6.29. The minimum atomic E-state index is -4.49. The van der Waals surface area contributed by atoms with E-state index in [1.165, 1.54) is 18.2 Å². The predicted octanol–water partition coefficient (Wildman–Crippen LogP) is 6.02. The first-order valence-corrected chi connectivity index (χ1v) is 9.29. The largest absolute Gasteiger partial charge is 0.416 e. The molecule has 3 aromatic rings. The molecule has 2 N–H and O–H groups in total. The van der Waals surface area contributed by atoms with Crippen molar-refractivity contribution in [3.8, 4) is 0 Å². The summed E-state index contributed by atoms with van der Waals surface area (Å²) in [5.74, 6) is -0.530. The van der Waals surface area contributed by atoms with E-state index >= 15 is 0 Å². The van der Waals surface area contributed by atoms with Crippen LogP contribution in [0.2, 0.25) is 5.15 Å². The number of amides is 1. The fraction of sp³-hybridized carbons (Fsp3) is 0.0909. The van der Waals surface area contributed by atoms with Crippen molar-refractivity contribution in [3.63, 3.8) is 0 Å². The fourth-order valence-electron chi connectivity index (χ4n) is 2.73. The lowest BCUT2D eigenvalue weighted by Crippen LogP contribution is -2.09. The zero-order chi connectivity index (χ0) is 21.6. The van der Waals surface area contributed by atoms with Gasteiger partial charge in [0.1, 0.15) is 5.15 Å². The molecule has 30 heavy (non-hydrogen) atoms. The van der Waals surface area contributed by atoms with E-state index < -0.39 is 17.6 Å². The molecule has 0 aliphatic heterocycles. The molecular formula is C22H17ClF3N3O. The molecule has 0 unspecified atom stereocenters. The number of alkyl halides is 3. The van der Waals surface area contributed by atoms with Gasteiger partial charge in [0, 0.05) is 30.2 Å². The van der Waals surface area contributed by atoms with Gasteiger partial charge in [-0.1, -0.05) is 41.9 Å². The monoisotopic (exact) mass is 431 g/mol. The Labute approximate surface area is 176 Å². The quantitative estimate of drug-likeness (QED) is 0.371. The number of pyridine rings is 1. The standard InChI is InChI=1S/C22H17ClF3N3O/c23-20-13-17(10-11-27-20)28-14-15-4-3-6-18(12-15)29-21(30)9-8-16-5-1-2-7-19(16)22(24,25)26/h1-13H,14H2,(H,27,28)(H,29,30). The van der Waals surface area contributed by atoms with Crippen LogP contribution >= 0.6 is 11.6 Å². The lowest BCUT2D eigenvalue weighted by atomic mass is 10.1. The number of carbonyl (C=O) groups excluding carboxylic acids is 1. The second-order valence-electron chi connectivity index (χ2n) is 6.33. The van der Waals surface area contributed by atoms with Crippen LogP contribution in [0.25, 0.3) is 6.08 Å². The van der Waals surface area contributed by atoms with Gasteiger partial charge in [0.05, 0.1) is 5.56 Å². The van der Waals surface area contributed by atoms with Gasteiger partial charge in [-0.05, 0) is 47.5 Å². The molecule has 4 nitrogen and oxygen atoms in total. The average Bonchev–Trinajstić information content (AvgIpc) is 2.71. The third kappa shape index (κ3) is 6.09. The molecule has 0 saturated heterocycles. The topological polar surface area (TPSA) is 54.0 Å². The molecule has 1 aromatic heterocycles. The second kappa shape index (κ2) is 9.45. The molecule has 0 aliphatic carbocycles. The molecule has 0 spiro atoms. The smallest absolute Gasteiger partial charge is 0.381 e. The van der Waals surface area contributed by atoms with Crippen molar-refractivity contribution in [2.75, 3.05) is 10.6 Å². The summed E-state index contributed by atoms with van der Waals surface area (Å²) < 4.78 is 39.1. The summed E-state index contributed by atoms with van der Waals surface area (Å²) in [6, 6.07) is 15.7. The first kappa shape index (κ1) is 21.4. The molecule has 1 heterocycles. The van der Waals surface area contributed by atoms with E-state index in [1.807, 2.05) is 6.07 Å². The van der Waals surface area contributed by atoms with Crippen LogP contribution in [0, 0.1) is 0 Å². The predicted molar refractivity (Wildman–Crippen MR) is 112 cm³/mol. The Morgan fingerprint density at radius 1 is 1.03 bits per heavy atom. The van der Waals surface area contributed by atoms with Crippen molar-refractivity contribution in [1.29, 1.82) is 0 Å². The van der Waals surface area contributed by atoms with E-state index in [9.17, 15) is 18.0 Å². The molecule has 1 amide bonds. The number of carbonyl (C=O) groups is 1. The first-order chi connectivity index (χ1) is 14.3. The van der Waals surface area contributed by atoms with Crippen molar-refractivity contribution >= 4 is 35.0 Å². The van der Waals surface area contributed by atoms with Gasteiger partial charge in [0.25, 0.3) is 0 Å². The highest BCUT2D eigenvalue weighted by Gasteiger charge is 2.32. The summed E-state index contributed by atoms with van der Waals surface area (Å²) in [7, 11) is 0. The van der Waals surface area contributed by atoms with E-state index in [4.69, 9.17) is 11.6 Å². The highest BCUT2D eigenvalue weighted by Crippen LogP contribution is 2.32. The SMILES string of the molecule is O=C(C=Cc1ccccc1C(F)(F)F)Nc1cccc(CNc2ccnc(Cl)c2)c1. The van der Waals surface area contributed by atoms with E-state index in [1.54, 1.807) is 36.5 Å². The van der Waals surface area contributed by atoms with E-state index in [0.29, 0.717) is 17.4 Å². The van der Waals surface area contributed by atoms with Crippen LogP contribution in [0.5, 0.6) is 0 Å². The Hall–Kier alpha value is -3.32. The second-order valence-corrected chi connectivity index (χ2v) is 6.72. The van der Waals surface area contributed by atoms with Crippen molar-refractivity contribution in [3.05, 3.63) is 94.8 Å². The normalized spacial score (nSPS) is 11.5. The maximum atomic E-state index is 13.0. The summed E-state index contributed by atoms with van der Waals surface area (Å²) >= 11 is 5.85. The van der Waals surface area contributed by atoms with Gasteiger partial charge >= 0.3 is 6.18 Å². The van der Waals surface area contributed by atoms with Crippen molar-refractivity contribution in [2.45, 2.75) is 12.7 Å². The maximum absolute atomic E-state index is 13.0. The van der Waals surface area contributed by atoms with Crippen LogP contribution in [0.4, 0.5) is 24.5 Å².